The standard InChI is InChI=1S/C16H23FN2/c1-4-13(3)19(5-2)12-15-8-9-16(17)11-14(15)7-6-10-18/h8-9,11,13H,4-5,10,12,18H2,1-3H3. The summed E-state index contributed by atoms with van der Waals surface area (Å²) in [6, 6.07) is 5.31. The van der Waals surface area contributed by atoms with E-state index in [1.54, 1.807) is 0 Å². The van der Waals surface area contributed by atoms with E-state index in [2.05, 4.69) is 37.5 Å². The van der Waals surface area contributed by atoms with Crippen molar-refractivity contribution in [2.45, 2.75) is 39.8 Å². The Kier molecular flexibility index (Phi) is 6.55. The van der Waals surface area contributed by atoms with Gasteiger partial charge in [0.25, 0.3) is 0 Å². The summed E-state index contributed by atoms with van der Waals surface area (Å²) in [5.74, 6) is 5.50. The Morgan fingerprint density at radius 3 is 2.68 bits per heavy atom. The SMILES string of the molecule is CCC(C)N(CC)Cc1ccc(F)cc1C#CCN. The van der Waals surface area contributed by atoms with Gasteiger partial charge in [-0.2, -0.15) is 0 Å². The number of benzene rings is 1. The van der Waals surface area contributed by atoms with Crippen molar-refractivity contribution in [1.82, 2.24) is 4.90 Å². The zero-order valence-corrected chi connectivity index (χ0v) is 12.0. The Labute approximate surface area is 115 Å². The lowest BCUT2D eigenvalue weighted by Crippen LogP contribution is -2.32. The van der Waals surface area contributed by atoms with Crippen LogP contribution >= 0.6 is 0 Å². The first-order valence-electron chi connectivity index (χ1n) is 6.83. The third-order valence-electron chi connectivity index (χ3n) is 3.39. The van der Waals surface area contributed by atoms with Gasteiger partial charge in [0.1, 0.15) is 5.82 Å². The van der Waals surface area contributed by atoms with Gasteiger partial charge in [-0.15, -0.1) is 0 Å². The number of halogens is 1. The molecule has 0 spiro atoms. The first kappa shape index (κ1) is 15.7. The van der Waals surface area contributed by atoms with Crippen LogP contribution in [0.3, 0.4) is 0 Å². The van der Waals surface area contributed by atoms with Gasteiger partial charge in [0.2, 0.25) is 0 Å². The van der Waals surface area contributed by atoms with Crippen LogP contribution in [-0.2, 0) is 6.54 Å². The number of hydrogen-bond acceptors (Lipinski definition) is 2. The first-order chi connectivity index (χ1) is 9.12. The van der Waals surface area contributed by atoms with E-state index in [0.29, 0.717) is 12.6 Å². The minimum Gasteiger partial charge on any atom is -0.320 e. The minimum atomic E-state index is -0.253. The summed E-state index contributed by atoms with van der Waals surface area (Å²) in [7, 11) is 0. The summed E-state index contributed by atoms with van der Waals surface area (Å²) in [4.78, 5) is 2.36. The van der Waals surface area contributed by atoms with Gasteiger partial charge >= 0.3 is 0 Å². The van der Waals surface area contributed by atoms with Crippen LogP contribution in [0, 0.1) is 17.7 Å². The molecule has 0 aromatic heterocycles. The second kappa shape index (κ2) is 7.93. The molecule has 2 nitrogen and oxygen atoms in total. The van der Waals surface area contributed by atoms with Crippen molar-refractivity contribution in [2.24, 2.45) is 5.73 Å². The van der Waals surface area contributed by atoms with Crippen LogP contribution in [0.2, 0.25) is 0 Å². The second-order valence-electron chi connectivity index (χ2n) is 4.63. The molecule has 0 fully saturated rings. The van der Waals surface area contributed by atoms with E-state index in [0.717, 1.165) is 30.6 Å². The summed E-state index contributed by atoms with van der Waals surface area (Å²) in [5.41, 5.74) is 7.19. The smallest absolute Gasteiger partial charge is 0.124 e. The summed E-state index contributed by atoms with van der Waals surface area (Å²) in [6.45, 7) is 8.57. The lowest BCUT2D eigenvalue weighted by Gasteiger charge is -2.27. The fourth-order valence-corrected chi connectivity index (χ4v) is 2.01. The third kappa shape index (κ3) is 4.66. The fraction of sp³-hybridized carbons (Fsp3) is 0.500. The molecule has 1 aromatic carbocycles. The van der Waals surface area contributed by atoms with Gasteiger partial charge in [-0.3, -0.25) is 4.90 Å². The van der Waals surface area contributed by atoms with Crippen molar-refractivity contribution in [3.8, 4) is 11.8 Å². The first-order valence-corrected chi connectivity index (χ1v) is 6.83. The molecule has 0 amide bonds. The quantitative estimate of drug-likeness (QED) is 0.827. The average Bonchev–Trinajstić information content (AvgIpc) is 2.43. The van der Waals surface area contributed by atoms with Gasteiger partial charge in [-0.25, -0.2) is 4.39 Å². The highest BCUT2D eigenvalue weighted by molar-refractivity contribution is 5.41. The van der Waals surface area contributed by atoms with Crippen molar-refractivity contribution >= 4 is 0 Å². The van der Waals surface area contributed by atoms with E-state index in [1.807, 2.05) is 6.07 Å². The van der Waals surface area contributed by atoms with E-state index in [9.17, 15) is 4.39 Å². The van der Waals surface area contributed by atoms with E-state index >= 15 is 0 Å². The monoisotopic (exact) mass is 262 g/mol. The van der Waals surface area contributed by atoms with Gasteiger partial charge < -0.3 is 5.73 Å². The zero-order chi connectivity index (χ0) is 14.3. The number of nitrogens with two attached hydrogens (primary N) is 1. The van der Waals surface area contributed by atoms with Crippen molar-refractivity contribution in [3.05, 3.63) is 35.1 Å². The van der Waals surface area contributed by atoms with Crippen LogP contribution in [0.15, 0.2) is 18.2 Å². The van der Waals surface area contributed by atoms with E-state index in [4.69, 9.17) is 5.73 Å². The van der Waals surface area contributed by atoms with E-state index in [1.165, 1.54) is 12.1 Å². The predicted molar refractivity (Wildman–Crippen MR) is 78.2 cm³/mol. The molecule has 1 rings (SSSR count). The zero-order valence-electron chi connectivity index (χ0n) is 12.0. The molecule has 1 aromatic rings. The molecule has 0 radical (unpaired) electrons. The highest BCUT2D eigenvalue weighted by atomic mass is 19.1. The number of hydrogen-bond donors (Lipinski definition) is 1. The Balaban J connectivity index is 2.98. The molecule has 0 saturated heterocycles. The van der Waals surface area contributed by atoms with Crippen LogP contribution in [0.1, 0.15) is 38.3 Å². The second-order valence-corrected chi connectivity index (χ2v) is 4.63. The molecule has 19 heavy (non-hydrogen) atoms. The van der Waals surface area contributed by atoms with Crippen LogP contribution in [0.25, 0.3) is 0 Å². The molecule has 0 saturated carbocycles. The topological polar surface area (TPSA) is 29.3 Å². The summed E-state index contributed by atoms with van der Waals surface area (Å²) < 4.78 is 13.3. The largest absolute Gasteiger partial charge is 0.320 e. The van der Waals surface area contributed by atoms with Crippen molar-refractivity contribution in [1.29, 1.82) is 0 Å². The molecule has 104 valence electrons. The average molecular weight is 262 g/mol. The Morgan fingerprint density at radius 1 is 1.37 bits per heavy atom. The Bertz CT molecular complexity index is 460. The molecular formula is C16H23FN2. The van der Waals surface area contributed by atoms with Crippen LogP contribution in [-0.4, -0.2) is 24.0 Å². The van der Waals surface area contributed by atoms with Gasteiger partial charge in [0, 0.05) is 18.2 Å². The predicted octanol–water partition coefficient (Wildman–Crippen LogP) is 2.76. The lowest BCUT2D eigenvalue weighted by atomic mass is 10.1. The lowest BCUT2D eigenvalue weighted by molar-refractivity contribution is 0.206. The molecule has 0 aliphatic heterocycles. The normalized spacial score (nSPS) is 12.1. The number of rotatable bonds is 5. The van der Waals surface area contributed by atoms with E-state index in [-0.39, 0.29) is 5.82 Å². The van der Waals surface area contributed by atoms with Gasteiger partial charge in [0.15, 0.2) is 0 Å². The van der Waals surface area contributed by atoms with Gasteiger partial charge in [-0.1, -0.05) is 31.8 Å². The van der Waals surface area contributed by atoms with Gasteiger partial charge in [0.05, 0.1) is 6.54 Å². The van der Waals surface area contributed by atoms with Crippen LogP contribution in [0.4, 0.5) is 4.39 Å². The van der Waals surface area contributed by atoms with Crippen LogP contribution in [0.5, 0.6) is 0 Å². The Hall–Kier alpha value is -1.37. The molecule has 0 bridgehead atoms. The van der Waals surface area contributed by atoms with Crippen LogP contribution < -0.4 is 5.73 Å². The fourth-order valence-electron chi connectivity index (χ4n) is 2.01. The molecule has 0 aliphatic carbocycles. The highest BCUT2D eigenvalue weighted by Gasteiger charge is 2.12. The van der Waals surface area contributed by atoms with Crippen molar-refractivity contribution in [3.63, 3.8) is 0 Å². The molecule has 3 heteroatoms. The maximum absolute atomic E-state index is 13.3. The molecular weight excluding hydrogens is 239 g/mol. The maximum atomic E-state index is 13.3. The maximum Gasteiger partial charge on any atom is 0.124 e. The van der Waals surface area contributed by atoms with Crippen molar-refractivity contribution < 1.29 is 4.39 Å². The molecule has 2 N–H and O–H groups in total. The van der Waals surface area contributed by atoms with Crippen molar-refractivity contribution in [2.75, 3.05) is 13.1 Å². The molecule has 0 aliphatic rings. The summed E-state index contributed by atoms with van der Waals surface area (Å²) in [5, 5.41) is 0. The Morgan fingerprint density at radius 2 is 2.11 bits per heavy atom. The molecule has 0 heterocycles. The third-order valence-corrected chi connectivity index (χ3v) is 3.39. The van der Waals surface area contributed by atoms with E-state index < -0.39 is 0 Å². The highest BCUT2D eigenvalue weighted by Crippen LogP contribution is 2.15. The van der Waals surface area contributed by atoms with Gasteiger partial charge in [-0.05, 0) is 37.6 Å². The number of nitrogens with zero attached hydrogens (tertiary/aromatic N) is 1. The molecule has 1 atom stereocenters. The summed E-state index contributed by atoms with van der Waals surface area (Å²) in [6.07, 6.45) is 1.10. The summed E-state index contributed by atoms with van der Waals surface area (Å²) >= 11 is 0. The molecule has 1 unspecified atom stereocenters. The minimum absolute atomic E-state index is 0.253.